The molecule has 0 saturated heterocycles. The summed E-state index contributed by atoms with van der Waals surface area (Å²) in [5.41, 5.74) is 0.750. The molecule has 0 saturated carbocycles. The zero-order chi connectivity index (χ0) is 14.4. The number of ether oxygens (including phenoxy) is 2. The molecule has 0 amide bonds. The molecule has 2 unspecified atom stereocenters. The highest BCUT2D eigenvalue weighted by atomic mass is 16.5. The lowest BCUT2D eigenvalue weighted by molar-refractivity contribution is -0.159. The van der Waals surface area contributed by atoms with E-state index in [1.807, 2.05) is 0 Å². The van der Waals surface area contributed by atoms with Crippen LogP contribution in [0.1, 0.15) is 24.2 Å². The Bertz CT molecular complexity index is 431. The van der Waals surface area contributed by atoms with Crippen molar-refractivity contribution in [1.82, 2.24) is 0 Å². The predicted molar refractivity (Wildman–Crippen MR) is 66.5 cm³/mol. The number of hydrogen-bond acceptors (Lipinski definition) is 6. The largest absolute Gasteiger partial charge is 0.496 e. The van der Waals surface area contributed by atoms with Gasteiger partial charge in [0.05, 0.1) is 20.3 Å². The van der Waals surface area contributed by atoms with Gasteiger partial charge in [0.15, 0.2) is 6.10 Å². The van der Waals surface area contributed by atoms with Gasteiger partial charge in [0.1, 0.15) is 11.9 Å². The highest BCUT2D eigenvalue weighted by molar-refractivity contribution is 5.75. The van der Waals surface area contributed by atoms with Gasteiger partial charge in [-0.05, 0) is 24.6 Å². The van der Waals surface area contributed by atoms with Crippen LogP contribution >= 0.6 is 0 Å². The molecule has 0 fully saturated rings. The number of benzene rings is 1. The van der Waals surface area contributed by atoms with Crippen molar-refractivity contribution in [2.24, 2.45) is 0 Å². The van der Waals surface area contributed by atoms with Crippen LogP contribution in [0.4, 0.5) is 0 Å². The third-order valence-corrected chi connectivity index (χ3v) is 2.62. The molecule has 1 aromatic rings. The fourth-order valence-electron chi connectivity index (χ4n) is 1.64. The lowest BCUT2D eigenvalue weighted by Gasteiger charge is -2.19. The topological polar surface area (TPSA) is 96.2 Å². The van der Waals surface area contributed by atoms with Crippen LogP contribution in [-0.4, -0.2) is 41.1 Å². The molecule has 106 valence electrons. The number of carbonyl (C=O) groups is 1. The van der Waals surface area contributed by atoms with Crippen molar-refractivity contribution in [3.05, 3.63) is 29.3 Å². The van der Waals surface area contributed by atoms with Crippen molar-refractivity contribution < 1.29 is 29.6 Å². The molecular weight excluding hydrogens is 252 g/mol. The first kappa shape index (κ1) is 15.4. The summed E-state index contributed by atoms with van der Waals surface area (Å²) < 4.78 is 9.69. The lowest BCUT2D eigenvalue weighted by Crippen LogP contribution is -2.30. The molecule has 6 nitrogen and oxygen atoms in total. The maximum absolute atomic E-state index is 11.4. The molecule has 0 spiro atoms. The van der Waals surface area contributed by atoms with Crippen molar-refractivity contribution in [2.75, 3.05) is 13.7 Å². The summed E-state index contributed by atoms with van der Waals surface area (Å²) in [6, 6.07) is 4.62. The van der Waals surface area contributed by atoms with Crippen molar-refractivity contribution >= 4 is 5.97 Å². The maximum atomic E-state index is 11.4. The third kappa shape index (κ3) is 3.66. The van der Waals surface area contributed by atoms with Gasteiger partial charge >= 0.3 is 5.97 Å². The van der Waals surface area contributed by atoms with Gasteiger partial charge in [-0.25, -0.2) is 4.79 Å². The number of methoxy groups -OCH3 is 1. The summed E-state index contributed by atoms with van der Waals surface area (Å²) in [7, 11) is 1.40. The first-order valence-electron chi connectivity index (χ1n) is 5.85. The van der Waals surface area contributed by atoms with Gasteiger partial charge in [0.25, 0.3) is 0 Å². The zero-order valence-corrected chi connectivity index (χ0v) is 10.9. The van der Waals surface area contributed by atoms with Gasteiger partial charge < -0.3 is 24.8 Å². The smallest absolute Gasteiger partial charge is 0.338 e. The molecule has 1 rings (SSSR count). The summed E-state index contributed by atoms with van der Waals surface area (Å²) in [5.74, 6) is -0.598. The van der Waals surface area contributed by atoms with Gasteiger partial charge in [-0.2, -0.15) is 0 Å². The van der Waals surface area contributed by atoms with Crippen molar-refractivity contribution in [3.8, 4) is 5.75 Å². The summed E-state index contributed by atoms with van der Waals surface area (Å²) in [5, 5.41) is 28.8. The fraction of sp³-hybridized carbons (Fsp3) is 0.462. The number of hydrogen-bond donors (Lipinski definition) is 3. The highest BCUT2D eigenvalue weighted by Crippen LogP contribution is 2.29. The van der Waals surface area contributed by atoms with E-state index in [9.17, 15) is 15.0 Å². The number of aliphatic hydroxyl groups is 3. The predicted octanol–water partition coefficient (Wildman–Crippen LogP) is 0.145. The average Bonchev–Trinajstić information content (AvgIpc) is 2.45. The Balaban J connectivity index is 3.02. The summed E-state index contributed by atoms with van der Waals surface area (Å²) in [4.78, 5) is 11.4. The van der Waals surface area contributed by atoms with E-state index in [2.05, 4.69) is 4.74 Å². The molecule has 2 atom stereocenters. The van der Waals surface area contributed by atoms with Crippen LogP contribution in [0, 0.1) is 0 Å². The van der Waals surface area contributed by atoms with Crippen LogP contribution in [0.3, 0.4) is 0 Å². The molecule has 0 aromatic heterocycles. The van der Waals surface area contributed by atoms with Crippen LogP contribution < -0.4 is 4.74 Å². The quantitative estimate of drug-likeness (QED) is 0.637. The highest BCUT2D eigenvalue weighted by Gasteiger charge is 2.29. The van der Waals surface area contributed by atoms with Crippen LogP contribution in [0.2, 0.25) is 0 Å². The lowest BCUT2D eigenvalue weighted by atomic mass is 10.0. The maximum Gasteiger partial charge on any atom is 0.338 e. The number of aliphatic hydroxyl groups excluding tert-OH is 3. The second-order valence-electron chi connectivity index (χ2n) is 3.88. The Hall–Kier alpha value is -1.63. The monoisotopic (exact) mass is 270 g/mol. The van der Waals surface area contributed by atoms with E-state index in [1.165, 1.54) is 13.2 Å². The molecule has 19 heavy (non-hydrogen) atoms. The minimum Gasteiger partial charge on any atom is -0.496 e. The number of esters is 1. The van der Waals surface area contributed by atoms with E-state index in [4.69, 9.17) is 9.84 Å². The molecular formula is C13H18O6. The molecule has 0 aliphatic heterocycles. The summed E-state index contributed by atoms with van der Waals surface area (Å²) in [6.45, 7) is 1.49. The number of carbonyl (C=O) groups excluding carboxylic acids is 1. The standard InChI is InChI=1S/C13H18O6/c1-3-19-13(17)12(16)11(15)9-6-8(7-14)4-5-10(9)18-2/h4-6,11-12,14-16H,3,7H2,1-2H3. The third-order valence-electron chi connectivity index (χ3n) is 2.62. The Morgan fingerprint density at radius 1 is 1.37 bits per heavy atom. The van der Waals surface area contributed by atoms with Gasteiger partial charge in [0.2, 0.25) is 0 Å². The average molecular weight is 270 g/mol. The molecule has 6 heteroatoms. The first-order chi connectivity index (χ1) is 9.04. The minimum absolute atomic E-state index is 0.108. The SMILES string of the molecule is CCOC(=O)C(O)C(O)c1cc(CO)ccc1OC. The normalized spacial score (nSPS) is 13.7. The summed E-state index contributed by atoms with van der Waals surface area (Å²) >= 11 is 0. The Labute approximate surface area is 111 Å². The van der Waals surface area contributed by atoms with Crippen LogP contribution in [0.15, 0.2) is 18.2 Å². The Morgan fingerprint density at radius 3 is 2.58 bits per heavy atom. The molecule has 0 aliphatic carbocycles. The second kappa shape index (κ2) is 7.08. The van der Waals surface area contributed by atoms with E-state index in [-0.39, 0.29) is 18.8 Å². The van der Waals surface area contributed by atoms with Crippen molar-refractivity contribution in [2.45, 2.75) is 25.7 Å². The molecule has 0 aliphatic rings. The fourth-order valence-corrected chi connectivity index (χ4v) is 1.64. The van der Waals surface area contributed by atoms with E-state index in [1.54, 1.807) is 19.1 Å². The Kier molecular flexibility index (Phi) is 5.75. The molecule has 3 N–H and O–H groups in total. The molecule has 0 radical (unpaired) electrons. The summed E-state index contributed by atoms with van der Waals surface area (Å²) in [6.07, 6.45) is -3.19. The van der Waals surface area contributed by atoms with Gasteiger partial charge in [0, 0.05) is 5.56 Å². The first-order valence-corrected chi connectivity index (χ1v) is 5.85. The van der Waals surface area contributed by atoms with E-state index >= 15 is 0 Å². The number of rotatable bonds is 6. The molecule has 1 aromatic carbocycles. The van der Waals surface area contributed by atoms with Crippen LogP contribution in [-0.2, 0) is 16.1 Å². The zero-order valence-electron chi connectivity index (χ0n) is 10.9. The van der Waals surface area contributed by atoms with Crippen molar-refractivity contribution in [3.63, 3.8) is 0 Å². The van der Waals surface area contributed by atoms with Gasteiger partial charge in [-0.1, -0.05) is 6.07 Å². The van der Waals surface area contributed by atoms with E-state index in [0.29, 0.717) is 11.3 Å². The van der Waals surface area contributed by atoms with Crippen LogP contribution in [0.25, 0.3) is 0 Å². The second-order valence-corrected chi connectivity index (χ2v) is 3.88. The minimum atomic E-state index is -1.71. The van der Waals surface area contributed by atoms with Crippen molar-refractivity contribution in [1.29, 1.82) is 0 Å². The molecule has 0 bridgehead atoms. The molecule has 0 heterocycles. The van der Waals surface area contributed by atoms with E-state index in [0.717, 1.165) is 0 Å². The van der Waals surface area contributed by atoms with Gasteiger partial charge in [-0.3, -0.25) is 0 Å². The van der Waals surface area contributed by atoms with E-state index < -0.39 is 18.2 Å². The Morgan fingerprint density at radius 2 is 2.05 bits per heavy atom. The van der Waals surface area contributed by atoms with Gasteiger partial charge in [-0.15, -0.1) is 0 Å². The van der Waals surface area contributed by atoms with Crippen LogP contribution in [0.5, 0.6) is 5.75 Å².